The van der Waals surface area contributed by atoms with Crippen molar-refractivity contribution in [2.75, 3.05) is 38.5 Å². The fraction of sp³-hybridized carbons (Fsp3) is 0.611. The lowest BCUT2D eigenvalue weighted by Crippen LogP contribution is -2.56. The van der Waals surface area contributed by atoms with Gasteiger partial charge in [-0.25, -0.2) is 9.18 Å². The Morgan fingerprint density at radius 2 is 1.96 bits per heavy atom. The van der Waals surface area contributed by atoms with Gasteiger partial charge >= 0.3 is 6.03 Å². The number of likely N-dealkylation sites (tertiary alicyclic amines) is 1. The van der Waals surface area contributed by atoms with Crippen LogP contribution < -0.4 is 5.73 Å². The largest absolute Gasteiger partial charge is 0.398 e. The summed E-state index contributed by atoms with van der Waals surface area (Å²) in [4.78, 5) is 18.8. The van der Waals surface area contributed by atoms with Crippen LogP contribution in [0.3, 0.4) is 0 Å². The van der Waals surface area contributed by atoms with E-state index in [1.165, 1.54) is 6.07 Å². The van der Waals surface area contributed by atoms with Gasteiger partial charge < -0.3 is 15.5 Å². The third kappa shape index (κ3) is 3.48. The normalized spacial score (nSPS) is 22.2. The van der Waals surface area contributed by atoms with E-state index in [1.807, 2.05) is 16.7 Å². The minimum absolute atomic E-state index is 0.165. The lowest BCUT2D eigenvalue weighted by Gasteiger charge is -2.41. The molecule has 0 aliphatic carbocycles. The molecule has 2 aliphatic rings. The molecule has 0 aromatic heterocycles. The number of rotatable bonds is 2. The summed E-state index contributed by atoms with van der Waals surface area (Å²) in [6.45, 7) is 8.79. The average Bonchev–Trinajstić information content (AvgIpc) is 3.06. The first-order chi connectivity index (χ1) is 11.5. The van der Waals surface area contributed by atoms with Gasteiger partial charge in [-0.3, -0.25) is 4.90 Å². The molecule has 0 bridgehead atoms. The van der Waals surface area contributed by atoms with Crippen LogP contribution in [0.2, 0.25) is 0 Å². The second-order valence-electron chi connectivity index (χ2n) is 7.03. The Labute approximate surface area is 143 Å². The molecule has 24 heavy (non-hydrogen) atoms. The zero-order chi connectivity index (χ0) is 17.3. The van der Waals surface area contributed by atoms with Crippen molar-refractivity contribution < 1.29 is 9.18 Å². The minimum atomic E-state index is -0.288. The Bertz CT molecular complexity index is 615. The quantitative estimate of drug-likeness (QED) is 0.845. The molecule has 2 heterocycles. The van der Waals surface area contributed by atoms with E-state index in [2.05, 4.69) is 11.8 Å². The van der Waals surface area contributed by atoms with Gasteiger partial charge in [0.05, 0.1) is 0 Å². The van der Waals surface area contributed by atoms with Gasteiger partial charge in [0.1, 0.15) is 5.82 Å². The van der Waals surface area contributed by atoms with Crippen LogP contribution in [0.4, 0.5) is 14.9 Å². The van der Waals surface area contributed by atoms with Crippen LogP contribution in [0, 0.1) is 12.7 Å². The predicted molar refractivity (Wildman–Crippen MR) is 93.2 cm³/mol. The maximum atomic E-state index is 13.6. The molecule has 2 saturated heterocycles. The van der Waals surface area contributed by atoms with Gasteiger partial charge in [-0.05, 0) is 49.9 Å². The van der Waals surface area contributed by atoms with E-state index in [0.717, 1.165) is 56.7 Å². The first-order valence-corrected chi connectivity index (χ1v) is 8.78. The molecule has 1 atom stereocenters. The molecule has 2 amide bonds. The summed E-state index contributed by atoms with van der Waals surface area (Å²) >= 11 is 0. The lowest BCUT2D eigenvalue weighted by molar-refractivity contribution is 0.0814. The number of piperazine rings is 1. The number of carbonyl (C=O) groups is 1. The van der Waals surface area contributed by atoms with Gasteiger partial charge in [0, 0.05) is 51.0 Å². The number of hydrogen-bond acceptors (Lipinski definition) is 3. The highest BCUT2D eigenvalue weighted by atomic mass is 19.1. The van der Waals surface area contributed by atoms with Gasteiger partial charge in [-0.1, -0.05) is 0 Å². The maximum absolute atomic E-state index is 13.6. The molecule has 5 nitrogen and oxygen atoms in total. The molecule has 3 rings (SSSR count). The smallest absolute Gasteiger partial charge is 0.320 e. The minimum Gasteiger partial charge on any atom is -0.398 e. The van der Waals surface area contributed by atoms with E-state index in [1.54, 1.807) is 6.07 Å². The third-order valence-corrected chi connectivity index (χ3v) is 5.25. The molecular weight excluding hydrogens is 307 g/mol. The van der Waals surface area contributed by atoms with Crippen molar-refractivity contribution in [1.82, 2.24) is 14.7 Å². The van der Waals surface area contributed by atoms with Crippen LogP contribution >= 0.6 is 0 Å². The number of urea groups is 1. The van der Waals surface area contributed by atoms with Gasteiger partial charge in [-0.15, -0.1) is 0 Å². The van der Waals surface area contributed by atoms with Crippen LogP contribution in [-0.4, -0.2) is 59.5 Å². The molecular formula is C18H27FN4O. The van der Waals surface area contributed by atoms with Crippen LogP contribution in [-0.2, 0) is 6.54 Å². The molecule has 1 aromatic carbocycles. The Morgan fingerprint density at radius 3 is 2.62 bits per heavy atom. The average molecular weight is 334 g/mol. The van der Waals surface area contributed by atoms with E-state index in [4.69, 9.17) is 5.73 Å². The standard InChI is InChI=1S/C18H27FN4O/c1-13-11-21(12-15-9-16(19)10-17(20)14(15)2)7-8-23(13)18(24)22-5-3-4-6-22/h9-10,13H,3-8,11-12,20H2,1-2H3. The molecule has 1 aromatic rings. The second-order valence-corrected chi connectivity index (χ2v) is 7.03. The Kier molecular flexibility index (Phi) is 4.94. The molecule has 0 radical (unpaired) electrons. The van der Waals surface area contributed by atoms with Crippen LogP contribution in [0.1, 0.15) is 30.9 Å². The number of amides is 2. The molecule has 2 fully saturated rings. The summed E-state index contributed by atoms with van der Waals surface area (Å²) < 4.78 is 13.6. The van der Waals surface area contributed by atoms with E-state index in [0.29, 0.717) is 12.2 Å². The Hall–Kier alpha value is -1.82. The first kappa shape index (κ1) is 17.0. The summed E-state index contributed by atoms with van der Waals surface area (Å²) in [5.41, 5.74) is 8.24. The number of nitrogens with two attached hydrogens (primary N) is 1. The molecule has 0 saturated carbocycles. The molecule has 2 N–H and O–H groups in total. The van der Waals surface area contributed by atoms with Crippen LogP contribution in [0.15, 0.2) is 12.1 Å². The highest BCUT2D eigenvalue weighted by Crippen LogP contribution is 2.22. The van der Waals surface area contributed by atoms with Crippen molar-refractivity contribution in [2.45, 2.75) is 39.3 Å². The SMILES string of the molecule is Cc1c(N)cc(F)cc1CN1CCN(C(=O)N2CCCC2)C(C)C1. The highest BCUT2D eigenvalue weighted by molar-refractivity contribution is 5.75. The van der Waals surface area contributed by atoms with E-state index in [-0.39, 0.29) is 17.9 Å². The zero-order valence-corrected chi connectivity index (χ0v) is 14.6. The number of nitrogen functional groups attached to an aromatic ring is 1. The first-order valence-electron chi connectivity index (χ1n) is 8.78. The lowest BCUT2D eigenvalue weighted by atomic mass is 10.0. The van der Waals surface area contributed by atoms with Crippen LogP contribution in [0.5, 0.6) is 0 Å². The predicted octanol–water partition coefficient (Wildman–Crippen LogP) is 2.44. The van der Waals surface area contributed by atoms with Gasteiger partial charge in [-0.2, -0.15) is 0 Å². The fourth-order valence-electron chi connectivity index (χ4n) is 3.71. The summed E-state index contributed by atoms with van der Waals surface area (Å²) in [5, 5.41) is 0. The van der Waals surface area contributed by atoms with Crippen molar-refractivity contribution >= 4 is 11.7 Å². The number of anilines is 1. The summed E-state index contributed by atoms with van der Waals surface area (Å²) in [5.74, 6) is -0.288. The molecule has 2 aliphatic heterocycles. The van der Waals surface area contributed by atoms with Crippen molar-refractivity contribution in [3.05, 3.63) is 29.1 Å². The van der Waals surface area contributed by atoms with E-state index >= 15 is 0 Å². The van der Waals surface area contributed by atoms with Crippen molar-refractivity contribution in [2.24, 2.45) is 0 Å². The number of hydrogen-bond donors (Lipinski definition) is 1. The topological polar surface area (TPSA) is 52.8 Å². The zero-order valence-electron chi connectivity index (χ0n) is 14.6. The third-order valence-electron chi connectivity index (χ3n) is 5.25. The van der Waals surface area contributed by atoms with E-state index < -0.39 is 0 Å². The van der Waals surface area contributed by atoms with Gasteiger partial charge in [0.25, 0.3) is 0 Å². The molecule has 132 valence electrons. The van der Waals surface area contributed by atoms with Gasteiger partial charge in [0.15, 0.2) is 0 Å². The summed E-state index contributed by atoms with van der Waals surface area (Å²) in [6.07, 6.45) is 2.22. The van der Waals surface area contributed by atoms with Gasteiger partial charge in [0.2, 0.25) is 0 Å². The molecule has 6 heteroatoms. The fourth-order valence-corrected chi connectivity index (χ4v) is 3.71. The number of benzene rings is 1. The molecule has 1 unspecified atom stereocenters. The monoisotopic (exact) mass is 334 g/mol. The van der Waals surface area contributed by atoms with Crippen LogP contribution in [0.25, 0.3) is 0 Å². The second kappa shape index (κ2) is 6.97. The number of carbonyl (C=O) groups excluding carboxylic acids is 1. The highest BCUT2D eigenvalue weighted by Gasteiger charge is 2.31. The molecule has 0 spiro atoms. The Morgan fingerprint density at radius 1 is 1.25 bits per heavy atom. The summed E-state index contributed by atoms with van der Waals surface area (Å²) in [6, 6.07) is 3.27. The van der Waals surface area contributed by atoms with E-state index in [9.17, 15) is 9.18 Å². The number of halogens is 1. The maximum Gasteiger partial charge on any atom is 0.320 e. The Balaban J connectivity index is 1.62. The number of nitrogens with zero attached hydrogens (tertiary/aromatic N) is 3. The van der Waals surface area contributed by atoms with Crippen molar-refractivity contribution in [3.8, 4) is 0 Å². The van der Waals surface area contributed by atoms with Crippen molar-refractivity contribution in [3.63, 3.8) is 0 Å². The summed E-state index contributed by atoms with van der Waals surface area (Å²) in [7, 11) is 0. The van der Waals surface area contributed by atoms with Crippen molar-refractivity contribution in [1.29, 1.82) is 0 Å².